The molecule has 0 unspecified atom stereocenters. The van der Waals surface area contributed by atoms with Crippen LogP contribution in [-0.2, 0) is 18.3 Å². The number of rotatable bonds is 4. The lowest BCUT2D eigenvalue weighted by Gasteiger charge is -2.38. The molecule has 6 nitrogen and oxygen atoms in total. The fraction of sp³-hybridized carbons (Fsp3) is 0.350. The molecule has 0 radical (unpaired) electrons. The molecule has 1 saturated heterocycles. The number of aromatic nitrogens is 3. The second-order valence-electron chi connectivity index (χ2n) is 7.36. The third-order valence-corrected chi connectivity index (χ3v) is 6.39. The van der Waals surface area contributed by atoms with E-state index in [4.69, 9.17) is 0 Å². The van der Waals surface area contributed by atoms with Crippen LogP contribution in [0, 0.1) is 5.82 Å². The fourth-order valence-corrected chi connectivity index (χ4v) is 4.39. The summed E-state index contributed by atoms with van der Waals surface area (Å²) in [6.07, 6.45) is -2.46. The average Bonchev–Trinajstić information content (AvgIpc) is 3.20. The van der Waals surface area contributed by atoms with Gasteiger partial charge in [0.15, 0.2) is 0 Å². The molecule has 1 N–H and O–H groups in total. The van der Waals surface area contributed by atoms with Gasteiger partial charge in [0.2, 0.25) is 5.95 Å². The molecule has 0 aliphatic carbocycles. The first-order valence-electron chi connectivity index (χ1n) is 9.47. The van der Waals surface area contributed by atoms with Gasteiger partial charge in [-0.05, 0) is 42.7 Å². The minimum atomic E-state index is -4.42. The van der Waals surface area contributed by atoms with E-state index in [9.17, 15) is 27.5 Å². The minimum Gasteiger partial charge on any atom is -0.385 e. The highest BCUT2D eigenvalue weighted by Crippen LogP contribution is 2.35. The van der Waals surface area contributed by atoms with Crippen molar-refractivity contribution >= 4 is 17.3 Å². The first kappa shape index (κ1) is 21.4. The van der Waals surface area contributed by atoms with Gasteiger partial charge >= 0.3 is 11.9 Å². The molecule has 0 amide bonds. The Morgan fingerprint density at radius 2 is 1.77 bits per heavy atom. The van der Waals surface area contributed by atoms with Gasteiger partial charge in [-0.2, -0.15) is 18.2 Å². The number of benzene rings is 1. The lowest BCUT2D eigenvalue weighted by Crippen LogP contribution is -2.44. The quantitative estimate of drug-likeness (QED) is 0.612. The average molecular weight is 454 g/mol. The Balaban J connectivity index is 1.43. The van der Waals surface area contributed by atoms with Gasteiger partial charge < -0.3 is 10.0 Å². The van der Waals surface area contributed by atoms with Gasteiger partial charge in [-0.1, -0.05) is 12.1 Å². The smallest absolute Gasteiger partial charge is 0.385 e. The van der Waals surface area contributed by atoms with E-state index in [2.05, 4.69) is 9.97 Å². The topological polar surface area (TPSA) is 71.2 Å². The SMILES string of the molecule is O=c1nc(N2CCC(O)(c3ccc(F)cc3)CC2)ncn1Cc1ccc(C(F)(F)F)s1. The number of anilines is 1. The summed E-state index contributed by atoms with van der Waals surface area (Å²) < 4.78 is 52.5. The van der Waals surface area contributed by atoms with Gasteiger partial charge in [-0.3, -0.25) is 4.57 Å². The van der Waals surface area contributed by atoms with E-state index in [-0.39, 0.29) is 18.3 Å². The zero-order chi connectivity index (χ0) is 22.2. The van der Waals surface area contributed by atoms with Crippen LogP contribution < -0.4 is 10.6 Å². The van der Waals surface area contributed by atoms with Crippen LogP contribution in [0.4, 0.5) is 23.5 Å². The minimum absolute atomic E-state index is 0.0514. The van der Waals surface area contributed by atoms with Crippen LogP contribution in [0.2, 0.25) is 0 Å². The van der Waals surface area contributed by atoms with Crippen molar-refractivity contribution in [2.24, 2.45) is 0 Å². The van der Waals surface area contributed by atoms with E-state index in [0.717, 1.165) is 10.6 Å². The van der Waals surface area contributed by atoms with Gasteiger partial charge in [0, 0.05) is 18.0 Å². The molecule has 0 saturated carbocycles. The summed E-state index contributed by atoms with van der Waals surface area (Å²) in [6.45, 7) is 0.721. The molecule has 0 bridgehead atoms. The van der Waals surface area contributed by atoms with Gasteiger partial charge in [0.25, 0.3) is 0 Å². The number of thiophene rings is 1. The summed E-state index contributed by atoms with van der Waals surface area (Å²) >= 11 is 0.572. The number of hydrogen-bond acceptors (Lipinski definition) is 6. The Morgan fingerprint density at radius 1 is 1.10 bits per heavy atom. The largest absolute Gasteiger partial charge is 0.425 e. The third kappa shape index (κ3) is 4.62. The van der Waals surface area contributed by atoms with Crippen molar-refractivity contribution in [3.63, 3.8) is 0 Å². The molecular formula is C20H18F4N4O2S. The second kappa shape index (κ2) is 8.04. The highest BCUT2D eigenvalue weighted by molar-refractivity contribution is 7.12. The fourth-order valence-electron chi connectivity index (χ4n) is 3.52. The van der Waals surface area contributed by atoms with Crippen LogP contribution in [0.25, 0.3) is 0 Å². The standard InChI is InChI=1S/C20H18F4N4O2S/c21-14-3-1-13(2-4-14)19(30)7-9-27(10-8-19)17-25-12-28(18(29)26-17)11-15-5-6-16(31-15)20(22,23)24/h1-6,12,30H,7-11H2. The number of nitrogens with zero attached hydrogens (tertiary/aromatic N) is 4. The van der Waals surface area contributed by atoms with Gasteiger partial charge in [0.1, 0.15) is 17.0 Å². The number of piperidine rings is 1. The van der Waals surface area contributed by atoms with Gasteiger partial charge in [-0.15, -0.1) is 11.3 Å². The Kier molecular flexibility index (Phi) is 5.56. The molecule has 3 heterocycles. The van der Waals surface area contributed by atoms with Gasteiger partial charge in [-0.25, -0.2) is 14.2 Å². The number of hydrogen-bond donors (Lipinski definition) is 1. The highest BCUT2D eigenvalue weighted by Gasteiger charge is 2.35. The van der Waals surface area contributed by atoms with Crippen molar-refractivity contribution in [3.8, 4) is 0 Å². The first-order chi connectivity index (χ1) is 14.6. The van der Waals surface area contributed by atoms with E-state index in [1.54, 1.807) is 17.0 Å². The molecule has 1 aliphatic heterocycles. The predicted octanol–water partition coefficient (Wildman–Crippen LogP) is 3.39. The molecule has 1 aliphatic rings. The summed E-state index contributed by atoms with van der Waals surface area (Å²) in [5, 5.41) is 10.9. The Labute approximate surface area is 178 Å². The summed E-state index contributed by atoms with van der Waals surface area (Å²) in [6, 6.07) is 8.02. The summed E-state index contributed by atoms with van der Waals surface area (Å²) in [5.74, 6) is -0.180. The number of halogens is 4. The predicted molar refractivity (Wildman–Crippen MR) is 106 cm³/mol. The van der Waals surface area contributed by atoms with Crippen molar-refractivity contribution in [1.29, 1.82) is 0 Å². The summed E-state index contributed by atoms with van der Waals surface area (Å²) in [5.41, 5.74) is -1.10. The Bertz CT molecular complexity index is 1120. The monoisotopic (exact) mass is 454 g/mol. The molecule has 0 atom stereocenters. The Morgan fingerprint density at radius 3 is 2.35 bits per heavy atom. The van der Waals surface area contributed by atoms with Crippen LogP contribution in [0.1, 0.15) is 28.2 Å². The molecule has 3 aromatic rings. The maximum atomic E-state index is 13.1. The molecular weight excluding hydrogens is 436 g/mol. The zero-order valence-corrected chi connectivity index (χ0v) is 17.0. The normalized spacial score (nSPS) is 16.5. The molecule has 0 spiro atoms. The number of aliphatic hydroxyl groups is 1. The van der Waals surface area contributed by atoms with E-state index in [1.165, 1.54) is 24.5 Å². The molecule has 31 heavy (non-hydrogen) atoms. The molecule has 1 fully saturated rings. The van der Waals surface area contributed by atoms with E-state index < -0.39 is 22.3 Å². The first-order valence-corrected chi connectivity index (χ1v) is 10.3. The van der Waals surface area contributed by atoms with Crippen molar-refractivity contribution in [3.05, 3.63) is 74.3 Å². The third-order valence-electron chi connectivity index (χ3n) is 5.28. The van der Waals surface area contributed by atoms with Gasteiger partial charge in [0.05, 0.1) is 12.1 Å². The highest BCUT2D eigenvalue weighted by atomic mass is 32.1. The maximum Gasteiger partial charge on any atom is 0.425 e. The van der Waals surface area contributed by atoms with Crippen molar-refractivity contribution < 1.29 is 22.7 Å². The van der Waals surface area contributed by atoms with E-state index in [1.807, 2.05) is 0 Å². The van der Waals surface area contributed by atoms with E-state index in [0.29, 0.717) is 47.7 Å². The number of alkyl halides is 3. The van der Waals surface area contributed by atoms with Crippen molar-refractivity contribution in [2.45, 2.75) is 31.2 Å². The molecule has 11 heteroatoms. The molecule has 2 aromatic heterocycles. The molecule has 164 valence electrons. The summed E-state index contributed by atoms with van der Waals surface area (Å²) in [4.78, 5) is 21.9. The maximum absolute atomic E-state index is 13.1. The van der Waals surface area contributed by atoms with E-state index >= 15 is 0 Å². The van der Waals surface area contributed by atoms with Crippen LogP contribution in [-0.4, -0.2) is 32.7 Å². The lowest BCUT2D eigenvalue weighted by atomic mass is 9.84. The zero-order valence-electron chi connectivity index (χ0n) is 16.1. The molecule has 4 rings (SSSR count). The van der Waals surface area contributed by atoms with Crippen molar-refractivity contribution in [1.82, 2.24) is 14.5 Å². The van der Waals surface area contributed by atoms with Crippen molar-refractivity contribution in [2.75, 3.05) is 18.0 Å². The summed E-state index contributed by atoms with van der Waals surface area (Å²) in [7, 11) is 0. The van der Waals surface area contributed by atoms with Crippen LogP contribution in [0.3, 0.4) is 0 Å². The molecule has 1 aromatic carbocycles. The van der Waals surface area contributed by atoms with Crippen LogP contribution >= 0.6 is 11.3 Å². The lowest BCUT2D eigenvalue weighted by molar-refractivity contribution is -0.134. The Hall–Kier alpha value is -2.79. The second-order valence-corrected chi connectivity index (χ2v) is 8.52. The van der Waals surface area contributed by atoms with Crippen LogP contribution in [0.5, 0.6) is 0 Å². The van der Waals surface area contributed by atoms with Crippen LogP contribution in [0.15, 0.2) is 47.5 Å².